The molecule has 0 aliphatic carbocycles. The molecule has 2 heterocycles. The summed E-state index contributed by atoms with van der Waals surface area (Å²) in [5, 5.41) is 4.98. The molecule has 0 saturated carbocycles. The van der Waals surface area contributed by atoms with E-state index in [-0.39, 0.29) is 30.2 Å². The molecule has 4 amide bonds. The minimum atomic E-state index is -0.534. The molecule has 6 nitrogen and oxygen atoms in total. The fourth-order valence-electron chi connectivity index (χ4n) is 2.73. The van der Waals surface area contributed by atoms with Crippen LogP contribution in [0.15, 0.2) is 18.2 Å². The van der Waals surface area contributed by atoms with E-state index in [1.54, 1.807) is 0 Å². The summed E-state index contributed by atoms with van der Waals surface area (Å²) in [5.41, 5.74) is 2.58. The van der Waals surface area contributed by atoms with E-state index in [0.29, 0.717) is 12.1 Å². The van der Waals surface area contributed by atoms with Gasteiger partial charge in [-0.25, -0.2) is 14.8 Å². The zero-order valence-corrected chi connectivity index (χ0v) is 13.0. The molecule has 2 aliphatic heterocycles. The highest BCUT2D eigenvalue weighted by Gasteiger charge is 2.37. The van der Waals surface area contributed by atoms with Crippen molar-refractivity contribution in [2.24, 2.45) is 0 Å². The third-order valence-corrected chi connectivity index (χ3v) is 4.08. The molecule has 1 aromatic rings. The number of amides is 4. The van der Waals surface area contributed by atoms with Crippen molar-refractivity contribution in [1.82, 2.24) is 15.3 Å². The van der Waals surface area contributed by atoms with E-state index in [1.807, 2.05) is 18.2 Å². The van der Waals surface area contributed by atoms with Crippen LogP contribution in [0.3, 0.4) is 0 Å². The molecule has 0 aromatic heterocycles. The smallest absolute Gasteiger partial charge is 0.276 e. The van der Waals surface area contributed by atoms with Crippen LogP contribution in [0, 0.1) is 0 Å². The molecule has 0 bridgehead atoms. The normalized spacial score (nSPS) is 18.6. The van der Waals surface area contributed by atoms with Gasteiger partial charge in [-0.2, -0.15) is 0 Å². The molecule has 116 valence electrons. The molecule has 1 N–H and O–H groups in total. The predicted octanol–water partition coefficient (Wildman–Crippen LogP) is 1.80. The summed E-state index contributed by atoms with van der Waals surface area (Å²) in [7, 11) is 0. The number of nitrogens with zero attached hydrogens (tertiary/aromatic N) is 2. The topological polar surface area (TPSA) is 69.7 Å². The van der Waals surface area contributed by atoms with Crippen molar-refractivity contribution >= 4 is 17.8 Å². The third-order valence-electron chi connectivity index (χ3n) is 4.08. The number of benzene rings is 1. The summed E-state index contributed by atoms with van der Waals surface area (Å²) in [6.45, 7) is 6.87. The van der Waals surface area contributed by atoms with Crippen molar-refractivity contribution in [3.05, 3.63) is 34.9 Å². The summed E-state index contributed by atoms with van der Waals surface area (Å²) in [6, 6.07) is 5.34. The molecular formula is C16H19N3O3. The van der Waals surface area contributed by atoms with Crippen molar-refractivity contribution < 1.29 is 14.4 Å². The fraction of sp³-hybridized carbons (Fsp3) is 0.438. The molecule has 22 heavy (non-hydrogen) atoms. The van der Waals surface area contributed by atoms with Gasteiger partial charge in [-0.15, -0.1) is 0 Å². The fourth-order valence-corrected chi connectivity index (χ4v) is 2.73. The average Bonchev–Trinajstić information content (AvgIpc) is 2.75. The largest absolute Gasteiger partial charge is 0.342 e. The van der Waals surface area contributed by atoms with Crippen LogP contribution >= 0.6 is 0 Å². The van der Waals surface area contributed by atoms with E-state index in [1.165, 1.54) is 10.0 Å². The summed E-state index contributed by atoms with van der Waals surface area (Å²) in [5.74, 6) is -0.494. The number of imide groups is 1. The monoisotopic (exact) mass is 301 g/mol. The molecule has 6 heteroatoms. The number of hydrogen-bond donors (Lipinski definition) is 1. The quantitative estimate of drug-likeness (QED) is 0.860. The standard InChI is InChI=1S/C16H19N3O3/c1-16(2,3)11-5-4-10-9-19(14(21)12(10)8-11)18-7-6-13(20)17-15(18)22/h4-5,8H,6-7,9H2,1-3H3,(H,17,20,22). The van der Waals surface area contributed by atoms with Gasteiger partial charge in [-0.3, -0.25) is 14.9 Å². The van der Waals surface area contributed by atoms with Crippen LogP contribution in [0.5, 0.6) is 0 Å². The summed E-state index contributed by atoms with van der Waals surface area (Å²) in [6.07, 6.45) is 0.207. The molecular weight excluding hydrogens is 282 g/mol. The first kappa shape index (κ1) is 14.6. The summed E-state index contributed by atoms with van der Waals surface area (Å²) in [4.78, 5) is 35.8. The maximum absolute atomic E-state index is 12.6. The van der Waals surface area contributed by atoms with Gasteiger partial charge < -0.3 is 0 Å². The maximum Gasteiger partial charge on any atom is 0.342 e. The number of carbonyl (C=O) groups is 3. The van der Waals surface area contributed by atoms with E-state index >= 15 is 0 Å². The van der Waals surface area contributed by atoms with Crippen molar-refractivity contribution in [2.45, 2.75) is 39.2 Å². The number of carbonyl (C=O) groups excluding carboxylic acids is 3. The number of hydrogen-bond acceptors (Lipinski definition) is 3. The SMILES string of the molecule is CC(C)(C)c1ccc2c(c1)C(=O)N(N1CCC(=O)NC1=O)C2. The van der Waals surface area contributed by atoms with Crippen LogP contribution in [0.4, 0.5) is 4.79 Å². The second kappa shape index (κ2) is 4.83. The zero-order valence-electron chi connectivity index (χ0n) is 13.0. The second-order valence-electron chi connectivity index (χ2n) is 6.71. The van der Waals surface area contributed by atoms with Crippen molar-refractivity contribution in [3.8, 4) is 0 Å². The van der Waals surface area contributed by atoms with Gasteiger partial charge in [0.05, 0.1) is 13.1 Å². The Kier molecular flexibility index (Phi) is 3.20. The maximum atomic E-state index is 12.6. The van der Waals surface area contributed by atoms with Crippen molar-refractivity contribution in [1.29, 1.82) is 0 Å². The minimum Gasteiger partial charge on any atom is -0.276 e. The Labute approximate surface area is 129 Å². The molecule has 0 atom stereocenters. The lowest BCUT2D eigenvalue weighted by molar-refractivity contribution is -0.123. The number of nitrogens with one attached hydrogen (secondary N) is 1. The molecule has 1 saturated heterocycles. The molecule has 2 aliphatic rings. The highest BCUT2D eigenvalue weighted by Crippen LogP contribution is 2.30. The van der Waals surface area contributed by atoms with E-state index in [2.05, 4.69) is 26.1 Å². The van der Waals surface area contributed by atoms with E-state index in [4.69, 9.17) is 0 Å². The van der Waals surface area contributed by atoms with Gasteiger partial charge >= 0.3 is 6.03 Å². The third kappa shape index (κ3) is 2.34. The lowest BCUT2D eigenvalue weighted by atomic mass is 9.85. The molecule has 1 fully saturated rings. The van der Waals surface area contributed by atoms with Crippen LogP contribution in [0.25, 0.3) is 0 Å². The van der Waals surface area contributed by atoms with Gasteiger partial charge in [0.1, 0.15) is 0 Å². The van der Waals surface area contributed by atoms with Crippen LogP contribution in [-0.4, -0.2) is 34.4 Å². The summed E-state index contributed by atoms with van der Waals surface area (Å²) >= 11 is 0. The van der Waals surface area contributed by atoms with Crippen LogP contribution in [0.1, 0.15) is 48.7 Å². The van der Waals surface area contributed by atoms with Crippen LogP contribution in [-0.2, 0) is 16.8 Å². The first-order chi connectivity index (χ1) is 10.3. The molecule has 1 aromatic carbocycles. The lowest BCUT2D eigenvalue weighted by Crippen LogP contribution is -2.56. The number of hydrazine groups is 1. The molecule has 3 rings (SSSR count). The summed E-state index contributed by atoms with van der Waals surface area (Å²) < 4.78 is 0. The van der Waals surface area contributed by atoms with Crippen molar-refractivity contribution in [2.75, 3.05) is 6.54 Å². The van der Waals surface area contributed by atoms with E-state index in [9.17, 15) is 14.4 Å². The first-order valence-corrected chi connectivity index (χ1v) is 7.34. The van der Waals surface area contributed by atoms with Crippen LogP contribution < -0.4 is 5.32 Å². The Balaban J connectivity index is 1.88. The highest BCUT2D eigenvalue weighted by atomic mass is 16.2. The van der Waals surface area contributed by atoms with E-state index < -0.39 is 6.03 Å². The highest BCUT2D eigenvalue weighted by molar-refractivity contribution is 6.02. The van der Waals surface area contributed by atoms with Gasteiger partial charge in [0.15, 0.2) is 0 Å². The predicted molar refractivity (Wildman–Crippen MR) is 79.9 cm³/mol. The molecule has 0 unspecified atom stereocenters. The lowest BCUT2D eigenvalue weighted by Gasteiger charge is -2.33. The van der Waals surface area contributed by atoms with Gasteiger partial charge in [0.2, 0.25) is 5.91 Å². The van der Waals surface area contributed by atoms with Gasteiger partial charge in [-0.1, -0.05) is 32.9 Å². The minimum absolute atomic E-state index is 0.0440. The first-order valence-electron chi connectivity index (χ1n) is 7.34. The molecule has 0 radical (unpaired) electrons. The average molecular weight is 301 g/mol. The van der Waals surface area contributed by atoms with Gasteiger partial charge in [0, 0.05) is 12.0 Å². The second-order valence-corrected chi connectivity index (χ2v) is 6.71. The Bertz CT molecular complexity index is 676. The molecule has 0 spiro atoms. The Morgan fingerprint density at radius 2 is 1.82 bits per heavy atom. The number of urea groups is 1. The Morgan fingerprint density at radius 1 is 1.09 bits per heavy atom. The van der Waals surface area contributed by atoms with Crippen molar-refractivity contribution in [3.63, 3.8) is 0 Å². The number of fused-ring (bicyclic) bond motifs is 1. The zero-order chi connectivity index (χ0) is 16.1. The Hall–Kier alpha value is -2.37. The van der Waals surface area contributed by atoms with Crippen LogP contribution in [0.2, 0.25) is 0 Å². The number of rotatable bonds is 1. The van der Waals surface area contributed by atoms with E-state index in [0.717, 1.165) is 11.1 Å². The van der Waals surface area contributed by atoms with Gasteiger partial charge in [-0.05, 0) is 22.6 Å². The van der Waals surface area contributed by atoms with Gasteiger partial charge in [0.25, 0.3) is 5.91 Å². The Morgan fingerprint density at radius 3 is 2.45 bits per heavy atom.